The van der Waals surface area contributed by atoms with E-state index in [2.05, 4.69) is 52.0 Å². The first kappa shape index (κ1) is 29.1. The number of guanidine groups is 1. The van der Waals surface area contributed by atoms with Crippen molar-refractivity contribution in [3.8, 4) is 11.1 Å². The third kappa shape index (κ3) is 8.05. The second kappa shape index (κ2) is 13.9. The van der Waals surface area contributed by atoms with Crippen LogP contribution in [0.4, 0.5) is 10.1 Å². The van der Waals surface area contributed by atoms with E-state index in [0.717, 1.165) is 44.6 Å². The zero-order valence-corrected chi connectivity index (χ0v) is 23.0. The Kier molecular flexibility index (Phi) is 10.1. The first-order chi connectivity index (χ1) is 19.3. The van der Waals surface area contributed by atoms with Crippen LogP contribution in [0.25, 0.3) is 11.1 Å². The number of halogens is 2. The predicted molar refractivity (Wildman–Crippen MR) is 158 cm³/mol. The molecule has 0 aliphatic heterocycles. The quantitative estimate of drug-likeness (QED) is 0.117. The molecule has 1 fully saturated rings. The number of amides is 2. The molecule has 1 saturated carbocycles. The number of nitrogens with two attached hydrogens (primary N) is 2. The number of unbranched alkanes of at least 4 members (excludes halogenated alkanes) is 1. The number of nitrogens with zero attached hydrogens (tertiary/aromatic N) is 1. The van der Waals surface area contributed by atoms with E-state index < -0.39 is 17.6 Å². The van der Waals surface area contributed by atoms with Gasteiger partial charge in [-0.2, -0.15) is 0 Å². The summed E-state index contributed by atoms with van der Waals surface area (Å²) in [7, 11) is 0. The third-order valence-corrected chi connectivity index (χ3v) is 7.76. The minimum Gasteiger partial charge on any atom is -0.370 e. The van der Waals surface area contributed by atoms with Crippen molar-refractivity contribution in [2.75, 3.05) is 11.9 Å². The van der Waals surface area contributed by atoms with Crippen molar-refractivity contribution in [2.24, 2.45) is 22.4 Å². The molecule has 7 nitrogen and oxygen atoms in total. The predicted octanol–water partition coefficient (Wildman–Crippen LogP) is 5.60. The maximum atomic E-state index is 13.8. The number of anilines is 1. The summed E-state index contributed by atoms with van der Waals surface area (Å²) in [6, 6.07) is 22.7. The molecule has 0 aromatic heterocycles. The molecule has 40 heavy (non-hydrogen) atoms. The van der Waals surface area contributed by atoms with Crippen molar-refractivity contribution in [3.05, 3.63) is 89.2 Å². The van der Waals surface area contributed by atoms with Crippen LogP contribution in [-0.2, 0) is 9.59 Å². The highest BCUT2D eigenvalue weighted by Crippen LogP contribution is 2.39. The van der Waals surface area contributed by atoms with E-state index in [1.54, 1.807) is 0 Å². The molecule has 6 N–H and O–H groups in total. The van der Waals surface area contributed by atoms with Crippen LogP contribution in [0.15, 0.2) is 77.8 Å². The Morgan fingerprint density at radius 2 is 1.65 bits per heavy atom. The van der Waals surface area contributed by atoms with Crippen molar-refractivity contribution in [2.45, 2.75) is 50.5 Å². The van der Waals surface area contributed by atoms with Crippen LogP contribution in [0, 0.1) is 11.7 Å². The van der Waals surface area contributed by atoms with Gasteiger partial charge in [0.1, 0.15) is 5.82 Å². The van der Waals surface area contributed by atoms with Crippen LogP contribution >= 0.6 is 11.6 Å². The molecule has 1 aliphatic carbocycles. The molecule has 9 heteroatoms. The number of rotatable bonds is 9. The Morgan fingerprint density at radius 1 is 0.925 bits per heavy atom. The maximum absolute atomic E-state index is 13.8. The van der Waals surface area contributed by atoms with Gasteiger partial charge in [0.05, 0.1) is 5.02 Å². The second-order valence-corrected chi connectivity index (χ2v) is 10.6. The summed E-state index contributed by atoms with van der Waals surface area (Å²) in [5, 5.41) is 5.33. The summed E-state index contributed by atoms with van der Waals surface area (Å²) in [5.74, 6) is -1.64. The average Bonchev–Trinajstić information content (AvgIpc) is 2.96. The van der Waals surface area contributed by atoms with Gasteiger partial charge in [-0.1, -0.05) is 72.6 Å². The SMILES string of the molecule is NC(N)=NCCCCC1CC(c2ccc(-c3ccccc3)cc2)CCC1NC(=O)C(=O)Nc1ccc(Cl)c(F)c1. The van der Waals surface area contributed by atoms with Gasteiger partial charge < -0.3 is 22.1 Å². The number of hydrogen-bond donors (Lipinski definition) is 4. The standard InChI is InChI=1S/C31H35ClFN5O2/c32-26-15-14-25(19-27(26)33)37-29(39)30(40)38-28-16-13-23(18-24(28)8-4-5-17-36-31(34)35)22-11-9-21(10-12-22)20-6-2-1-3-7-20/h1-3,6-7,9-12,14-15,19,23-24,28H,4-5,8,13,16-18H2,(H,37,39)(H,38,40)(H4,34,35,36). The van der Waals surface area contributed by atoms with E-state index in [-0.39, 0.29) is 28.6 Å². The molecule has 0 heterocycles. The fraction of sp³-hybridized carbons (Fsp3) is 0.323. The van der Waals surface area contributed by atoms with Crippen molar-refractivity contribution < 1.29 is 14.0 Å². The Bertz CT molecular complexity index is 1330. The molecule has 1 aliphatic rings. The largest absolute Gasteiger partial charge is 0.370 e. The lowest BCUT2D eigenvalue weighted by Gasteiger charge is -2.37. The van der Waals surface area contributed by atoms with Crippen molar-refractivity contribution in [1.82, 2.24) is 5.32 Å². The molecule has 0 radical (unpaired) electrons. The van der Waals surface area contributed by atoms with Gasteiger partial charge in [0, 0.05) is 18.3 Å². The van der Waals surface area contributed by atoms with Crippen LogP contribution in [0.5, 0.6) is 0 Å². The van der Waals surface area contributed by atoms with Crippen LogP contribution < -0.4 is 22.1 Å². The van der Waals surface area contributed by atoms with Crippen molar-refractivity contribution >= 4 is 35.1 Å². The summed E-state index contributed by atoms with van der Waals surface area (Å²) < 4.78 is 13.8. The van der Waals surface area contributed by atoms with Crippen LogP contribution in [0.3, 0.4) is 0 Å². The lowest BCUT2D eigenvalue weighted by Crippen LogP contribution is -2.47. The van der Waals surface area contributed by atoms with E-state index in [1.165, 1.54) is 28.8 Å². The fourth-order valence-corrected chi connectivity index (χ4v) is 5.49. The first-order valence-corrected chi connectivity index (χ1v) is 14.0. The van der Waals surface area contributed by atoms with Crippen molar-refractivity contribution in [3.63, 3.8) is 0 Å². The topological polar surface area (TPSA) is 123 Å². The molecular formula is C31H35ClFN5O2. The monoisotopic (exact) mass is 563 g/mol. The summed E-state index contributed by atoms with van der Waals surface area (Å²) >= 11 is 5.71. The molecule has 3 atom stereocenters. The van der Waals surface area contributed by atoms with Crippen LogP contribution in [0.1, 0.15) is 50.0 Å². The Labute approximate surface area is 239 Å². The van der Waals surface area contributed by atoms with E-state index in [9.17, 15) is 14.0 Å². The zero-order valence-electron chi connectivity index (χ0n) is 22.3. The van der Waals surface area contributed by atoms with Gasteiger partial charge in [-0.05, 0) is 78.8 Å². The number of hydrogen-bond acceptors (Lipinski definition) is 3. The van der Waals surface area contributed by atoms with E-state index in [4.69, 9.17) is 23.1 Å². The zero-order chi connectivity index (χ0) is 28.5. The lowest BCUT2D eigenvalue weighted by molar-refractivity contribution is -0.137. The molecule has 3 unspecified atom stereocenters. The normalized spacial score (nSPS) is 18.5. The van der Waals surface area contributed by atoms with Gasteiger partial charge in [-0.15, -0.1) is 0 Å². The minimum absolute atomic E-state index is 0.0587. The molecule has 210 valence electrons. The van der Waals surface area contributed by atoms with Crippen LogP contribution in [-0.4, -0.2) is 30.4 Å². The molecule has 3 aromatic carbocycles. The summed E-state index contributed by atoms with van der Waals surface area (Å²) in [6.45, 7) is 0.552. The molecular weight excluding hydrogens is 529 g/mol. The molecule has 0 bridgehead atoms. The molecule has 0 saturated heterocycles. The van der Waals surface area contributed by atoms with Gasteiger partial charge in [-0.25, -0.2) is 4.39 Å². The Hall–Kier alpha value is -3.91. The molecule has 2 amide bonds. The number of carbonyl (C=O) groups excluding carboxylic acids is 2. The Morgan fingerprint density at radius 3 is 2.35 bits per heavy atom. The Balaban J connectivity index is 1.40. The molecule has 3 aromatic rings. The summed E-state index contributed by atoms with van der Waals surface area (Å²) in [6.07, 6.45) is 5.12. The summed E-state index contributed by atoms with van der Waals surface area (Å²) in [5.41, 5.74) is 14.7. The number of aliphatic imine (C=N–C) groups is 1. The number of carbonyl (C=O) groups is 2. The van der Waals surface area contributed by atoms with Gasteiger partial charge in [0.15, 0.2) is 5.96 Å². The highest BCUT2D eigenvalue weighted by Gasteiger charge is 2.33. The first-order valence-electron chi connectivity index (χ1n) is 13.6. The number of nitrogens with one attached hydrogen (secondary N) is 2. The smallest absolute Gasteiger partial charge is 0.313 e. The third-order valence-electron chi connectivity index (χ3n) is 7.45. The highest BCUT2D eigenvalue weighted by molar-refractivity contribution is 6.39. The molecule has 4 rings (SSSR count). The molecule has 0 spiro atoms. The highest BCUT2D eigenvalue weighted by atomic mass is 35.5. The fourth-order valence-electron chi connectivity index (χ4n) is 5.38. The van der Waals surface area contributed by atoms with Crippen LogP contribution in [0.2, 0.25) is 5.02 Å². The van der Waals surface area contributed by atoms with Gasteiger partial charge in [0.25, 0.3) is 0 Å². The summed E-state index contributed by atoms with van der Waals surface area (Å²) in [4.78, 5) is 29.4. The van der Waals surface area contributed by atoms with E-state index in [1.807, 2.05) is 18.2 Å². The average molecular weight is 564 g/mol. The number of benzene rings is 3. The van der Waals surface area contributed by atoms with Crippen molar-refractivity contribution in [1.29, 1.82) is 0 Å². The minimum atomic E-state index is -0.841. The second-order valence-electron chi connectivity index (χ2n) is 10.2. The lowest BCUT2D eigenvalue weighted by atomic mass is 9.73. The van der Waals surface area contributed by atoms with Gasteiger partial charge in [-0.3, -0.25) is 14.6 Å². The maximum Gasteiger partial charge on any atom is 0.313 e. The van der Waals surface area contributed by atoms with Gasteiger partial charge in [0.2, 0.25) is 0 Å². The van der Waals surface area contributed by atoms with E-state index >= 15 is 0 Å². The van der Waals surface area contributed by atoms with E-state index in [0.29, 0.717) is 12.5 Å². The van der Waals surface area contributed by atoms with Gasteiger partial charge >= 0.3 is 11.8 Å².